The van der Waals surface area contributed by atoms with Crippen molar-refractivity contribution in [3.63, 3.8) is 0 Å². The summed E-state index contributed by atoms with van der Waals surface area (Å²) >= 11 is 0. The maximum absolute atomic E-state index is 13.1. The number of hydrogen-bond acceptors (Lipinski definition) is 15. The molecule has 0 aliphatic heterocycles. The Morgan fingerprint density at radius 2 is 0.528 bits per heavy atom. The highest BCUT2D eigenvalue weighted by atomic mass is 31.2. The van der Waals surface area contributed by atoms with Crippen molar-refractivity contribution in [2.45, 2.75) is 354 Å². The zero-order valence-corrected chi connectivity index (χ0v) is 68.4. The third kappa shape index (κ3) is 77.4. The van der Waals surface area contributed by atoms with Gasteiger partial charge in [-0.05, 0) is 128 Å². The average molecular weight is 1530 g/mol. The molecule has 0 amide bonds. The van der Waals surface area contributed by atoms with Crippen LogP contribution in [0.15, 0.2) is 134 Å². The number of ether oxygens (including phenoxy) is 4. The number of phosphoric acid groups is 2. The molecule has 106 heavy (non-hydrogen) atoms. The van der Waals surface area contributed by atoms with Gasteiger partial charge in [-0.2, -0.15) is 0 Å². The zero-order valence-electron chi connectivity index (χ0n) is 66.6. The van der Waals surface area contributed by atoms with E-state index in [-0.39, 0.29) is 25.7 Å². The largest absolute Gasteiger partial charge is 0.472 e. The summed E-state index contributed by atoms with van der Waals surface area (Å²) in [6.45, 7) is 4.59. The third-order valence-corrected chi connectivity index (χ3v) is 19.0. The molecule has 0 aromatic carbocycles. The smallest absolute Gasteiger partial charge is 0.462 e. The van der Waals surface area contributed by atoms with Gasteiger partial charge in [0.15, 0.2) is 12.2 Å². The number of aliphatic hydroxyl groups is 1. The van der Waals surface area contributed by atoms with Crippen LogP contribution in [0.4, 0.5) is 0 Å². The Hall–Kier alpha value is -4.80. The van der Waals surface area contributed by atoms with Crippen LogP contribution in [0.1, 0.15) is 336 Å². The number of rotatable bonds is 77. The van der Waals surface area contributed by atoms with Crippen LogP contribution in [0.5, 0.6) is 0 Å². The van der Waals surface area contributed by atoms with Gasteiger partial charge in [0.25, 0.3) is 0 Å². The Morgan fingerprint density at radius 3 is 0.868 bits per heavy atom. The maximum Gasteiger partial charge on any atom is 0.472 e. The number of aliphatic hydroxyl groups excluding tert-OH is 1. The molecule has 0 aliphatic rings. The standard InChI is InChI=1S/C87H148O17P2/c1-5-9-13-17-21-25-29-33-36-38-40-42-45-49-52-56-60-64-68-72-85(90)98-78-83(104-87(92)74-70-66-62-58-54-50-46-43-41-39-37-34-30-26-22-18-14-10-6-2)80-102-106(95,96)100-76-81(88)75-99-105(93,94)101-79-82(103-86(91)73-69-65-61-57-53-47-32-28-24-20-16-12-8-4)77-97-84(89)71-67-63-59-55-51-48-44-35-31-27-23-19-15-11-7-3/h9,13,16,20-22,25-26,28,32-34,36-37,40-43,49,52,60,64,81-83,88H,5-8,10-12,14-15,17-19,23-24,27,29-31,35,38-39,44-48,50-51,53-59,61-63,65-80H2,1-4H3,(H,93,94)(H,95,96)/b13-9-,20-16-,25-21-,26-22-,32-28-,36-33-,37-34-,42-40-,43-41-,52-49-,64-60-. The fourth-order valence-electron chi connectivity index (χ4n) is 10.8. The lowest BCUT2D eigenvalue weighted by molar-refractivity contribution is -0.161. The van der Waals surface area contributed by atoms with Crippen molar-refractivity contribution in [3.8, 4) is 0 Å². The van der Waals surface area contributed by atoms with Crippen molar-refractivity contribution in [1.29, 1.82) is 0 Å². The lowest BCUT2D eigenvalue weighted by Gasteiger charge is -2.21. The van der Waals surface area contributed by atoms with E-state index in [1.807, 2.05) is 18.2 Å². The quantitative estimate of drug-likeness (QED) is 0.0169. The minimum atomic E-state index is -5.00. The van der Waals surface area contributed by atoms with Crippen LogP contribution in [0.2, 0.25) is 0 Å². The summed E-state index contributed by atoms with van der Waals surface area (Å²) in [6, 6.07) is 0. The SMILES string of the molecule is CC/C=C\C/C=C\C/C=C\C/C=C\C/C=C\C/C=C\CCC(=O)OCC(COP(=O)(O)OCC(O)COP(=O)(O)OCC(COC(=O)CCCCCCCCCCCCCCCCC)OC(=O)CCCCCCC/C=C\C/C=C\CCC)OC(=O)CCCCCCCC/C=C\C/C=C\C/C=C\CCCCC. The Bertz CT molecular complexity index is 2530. The molecule has 0 rings (SSSR count). The molecule has 0 aromatic rings. The van der Waals surface area contributed by atoms with Crippen LogP contribution >= 0.6 is 15.6 Å². The molecule has 0 heterocycles. The molecular weight excluding hydrogens is 1380 g/mol. The Kier molecular flexibility index (Phi) is 74.8. The lowest BCUT2D eigenvalue weighted by atomic mass is 10.0. The highest BCUT2D eigenvalue weighted by Crippen LogP contribution is 2.45. The zero-order chi connectivity index (χ0) is 77.4. The van der Waals surface area contributed by atoms with E-state index >= 15 is 0 Å². The van der Waals surface area contributed by atoms with Crippen LogP contribution < -0.4 is 0 Å². The van der Waals surface area contributed by atoms with Crippen LogP contribution in [0, 0.1) is 0 Å². The molecule has 3 N–H and O–H groups in total. The first-order valence-electron chi connectivity index (χ1n) is 41.4. The van der Waals surface area contributed by atoms with Gasteiger partial charge in [-0.1, -0.05) is 315 Å². The van der Waals surface area contributed by atoms with Gasteiger partial charge in [-0.15, -0.1) is 0 Å². The first-order valence-corrected chi connectivity index (χ1v) is 44.4. The van der Waals surface area contributed by atoms with Crippen LogP contribution in [0.25, 0.3) is 0 Å². The third-order valence-electron chi connectivity index (χ3n) is 17.1. The first-order chi connectivity index (χ1) is 51.7. The highest BCUT2D eigenvalue weighted by Gasteiger charge is 2.30. The Balaban J connectivity index is 5.44. The number of esters is 4. The second-order valence-corrected chi connectivity index (χ2v) is 30.2. The predicted octanol–water partition coefficient (Wildman–Crippen LogP) is 24.4. The van der Waals surface area contributed by atoms with Gasteiger partial charge >= 0.3 is 39.5 Å². The summed E-state index contributed by atoms with van der Waals surface area (Å²) in [5.41, 5.74) is 0. The van der Waals surface area contributed by atoms with E-state index in [4.69, 9.17) is 37.0 Å². The Morgan fingerprint density at radius 1 is 0.274 bits per heavy atom. The number of allylic oxidation sites excluding steroid dienone is 22. The second kappa shape index (κ2) is 78.3. The van der Waals surface area contributed by atoms with Gasteiger partial charge in [0.1, 0.15) is 19.3 Å². The minimum absolute atomic E-state index is 0.0301. The lowest BCUT2D eigenvalue weighted by Crippen LogP contribution is -2.30. The highest BCUT2D eigenvalue weighted by molar-refractivity contribution is 7.47. The van der Waals surface area contributed by atoms with E-state index in [1.54, 1.807) is 0 Å². The van der Waals surface area contributed by atoms with Gasteiger partial charge in [0.05, 0.1) is 26.4 Å². The van der Waals surface area contributed by atoms with E-state index in [9.17, 15) is 43.2 Å². The molecule has 19 heteroatoms. The summed E-state index contributed by atoms with van der Waals surface area (Å²) in [5.74, 6) is -2.29. The normalized spacial score (nSPS) is 14.5. The summed E-state index contributed by atoms with van der Waals surface area (Å²) in [5, 5.41) is 10.7. The fraction of sp³-hybridized carbons (Fsp3) is 0.701. The summed E-state index contributed by atoms with van der Waals surface area (Å²) < 4.78 is 68.6. The van der Waals surface area contributed by atoms with Gasteiger partial charge in [0, 0.05) is 25.7 Å². The van der Waals surface area contributed by atoms with Crippen LogP contribution in [0.3, 0.4) is 0 Å². The number of phosphoric ester groups is 2. The molecule has 0 bridgehead atoms. The molecule has 0 aliphatic carbocycles. The number of unbranched alkanes of at least 4 members (excludes halogenated alkanes) is 29. The van der Waals surface area contributed by atoms with Crippen molar-refractivity contribution in [1.82, 2.24) is 0 Å². The number of carbonyl (C=O) groups is 4. The van der Waals surface area contributed by atoms with E-state index in [0.29, 0.717) is 32.1 Å². The van der Waals surface area contributed by atoms with E-state index in [1.165, 1.54) is 89.9 Å². The average Bonchev–Trinajstić information content (AvgIpc) is 0.903. The Labute approximate surface area is 644 Å². The van der Waals surface area contributed by atoms with Crippen molar-refractivity contribution >= 4 is 39.5 Å². The van der Waals surface area contributed by atoms with Crippen LogP contribution in [-0.4, -0.2) is 96.7 Å². The molecule has 17 nitrogen and oxygen atoms in total. The summed E-state index contributed by atoms with van der Waals surface area (Å²) in [6.07, 6.45) is 88.6. The van der Waals surface area contributed by atoms with Gasteiger partial charge < -0.3 is 33.8 Å². The molecule has 0 saturated heterocycles. The molecule has 0 aromatic heterocycles. The van der Waals surface area contributed by atoms with Gasteiger partial charge in [-0.3, -0.25) is 37.3 Å². The van der Waals surface area contributed by atoms with Gasteiger partial charge in [0.2, 0.25) is 0 Å². The topological polar surface area (TPSA) is 237 Å². The minimum Gasteiger partial charge on any atom is -0.462 e. The maximum atomic E-state index is 13.1. The van der Waals surface area contributed by atoms with E-state index < -0.39 is 97.5 Å². The number of hydrogen-bond donors (Lipinski definition) is 3. The fourth-order valence-corrected chi connectivity index (χ4v) is 12.4. The van der Waals surface area contributed by atoms with E-state index in [0.717, 1.165) is 161 Å². The summed E-state index contributed by atoms with van der Waals surface area (Å²) in [7, 11) is -9.99. The molecule has 608 valence electrons. The van der Waals surface area contributed by atoms with Crippen molar-refractivity contribution in [2.24, 2.45) is 0 Å². The first kappa shape index (κ1) is 101. The second-order valence-electron chi connectivity index (χ2n) is 27.3. The van der Waals surface area contributed by atoms with Crippen LogP contribution in [-0.2, 0) is 65.4 Å². The monoisotopic (exact) mass is 1530 g/mol. The summed E-state index contributed by atoms with van der Waals surface area (Å²) in [4.78, 5) is 73.1. The molecule has 0 fully saturated rings. The van der Waals surface area contributed by atoms with E-state index in [2.05, 4.69) is 143 Å². The van der Waals surface area contributed by atoms with Crippen molar-refractivity contribution < 1.29 is 80.2 Å². The van der Waals surface area contributed by atoms with Crippen molar-refractivity contribution in [2.75, 3.05) is 39.6 Å². The van der Waals surface area contributed by atoms with Crippen molar-refractivity contribution in [3.05, 3.63) is 134 Å². The van der Waals surface area contributed by atoms with Gasteiger partial charge in [-0.25, -0.2) is 9.13 Å². The molecule has 0 saturated carbocycles. The molecule has 5 atom stereocenters. The molecule has 0 radical (unpaired) electrons. The molecule has 0 spiro atoms. The molecular formula is C87H148O17P2. The number of carbonyl (C=O) groups excluding carboxylic acids is 4. The predicted molar refractivity (Wildman–Crippen MR) is 436 cm³/mol. The molecule has 5 unspecified atom stereocenters.